The van der Waals surface area contributed by atoms with Gasteiger partial charge in [-0.05, 0) is 61.9 Å². The number of nitrogens with one attached hydrogen (secondary N) is 3. The zero-order chi connectivity index (χ0) is 22.4. The molecule has 1 fully saturated rings. The normalized spacial score (nSPS) is 18.9. The zero-order valence-electron chi connectivity index (χ0n) is 17.2. The number of carbonyl (C=O) groups is 2. The summed E-state index contributed by atoms with van der Waals surface area (Å²) < 4.78 is 30.1. The van der Waals surface area contributed by atoms with Gasteiger partial charge in [-0.1, -0.05) is 15.9 Å². The van der Waals surface area contributed by atoms with Crippen molar-refractivity contribution in [3.8, 4) is 0 Å². The van der Waals surface area contributed by atoms with Gasteiger partial charge >= 0.3 is 0 Å². The molecular formula is C21H26BrN4O4S+. The molecule has 0 aliphatic heterocycles. The molecule has 1 aliphatic carbocycles. The minimum atomic E-state index is -3.55. The first kappa shape index (κ1) is 23.4. The number of amides is 2. The number of aromatic nitrogens is 1. The maximum atomic E-state index is 12.4. The third-order valence-corrected chi connectivity index (χ3v) is 7.37. The van der Waals surface area contributed by atoms with Crippen LogP contribution in [0.3, 0.4) is 0 Å². The molecule has 0 radical (unpaired) electrons. The van der Waals surface area contributed by atoms with E-state index in [1.165, 1.54) is 0 Å². The molecule has 31 heavy (non-hydrogen) atoms. The van der Waals surface area contributed by atoms with E-state index >= 15 is 0 Å². The van der Waals surface area contributed by atoms with Crippen LogP contribution in [0, 0.1) is 11.8 Å². The Balaban J connectivity index is 1.42. The molecule has 2 amide bonds. The summed E-state index contributed by atoms with van der Waals surface area (Å²) in [7, 11) is -1.74. The van der Waals surface area contributed by atoms with Crippen LogP contribution < -0.4 is 20.1 Å². The Hall–Kier alpha value is -2.30. The number of benzene rings is 1. The first-order valence-electron chi connectivity index (χ1n) is 10.1. The molecule has 1 heterocycles. The summed E-state index contributed by atoms with van der Waals surface area (Å²) in [6, 6.07) is 9.91. The van der Waals surface area contributed by atoms with E-state index in [4.69, 9.17) is 0 Å². The number of nitrogens with zero attached hydrogens (tertiary/aromatic N) is 1. The lowest BCUT2D eigenvalue weighted by atomic mass is 9.82. The second-order valence-corrected chi connectivity index (χ2v) is 10.4. The Morgan fingerprint density at radius 1 is 1.06 bits per heavy atom. The van der Waals surface area contributed by atoms with E-state index in [0.29, 0.717) is 24.9 Å². The van der Waals surface area contributed by atoms with E-state index in [0.717, 1.165) is 17.3 Å². The molecule has 1 aromatic carbocycles. The van der Waals surface area contributed by atoms with E-state index in [2.05, 4.69) is 31.5 Å². The highest BCUT2D eigenvalue weighted by molar-refractivity contribution is 9.10. The van der Waals surface area contributed by atoms with Gasteiger partial charge in [-0.15, -0.1) is 0 Å². The number of rotatable bonds is 6. The highest BCUT2D eigenvalue weighted by Crippen LogP contribution is 2.28. The monoisotopic (exact) mass is 509 g/mol. The fraction of sp³-hybridized carbons (Fsp3) is 0.381. The molecule has 10 heteroatoms. The Bertz CT molecular complexity index is 1040. The largest absolute Gasteiger partial charge is 0.275 e. The van der Waals surface area contributed by atoms with Gasteiger partial charge in [0.1, 0.15) is 12.6 Å². The predicted octanol–water partition coefficient (Wildman–Crippen LogP) is 1.82. The average Bonchev–Trinajstić information content (AvgIpc) is 2.76. The van der Waals surface area contributed by atoms with Crippen LogP contribution in [0.25, 0.3) is 0 Å². The Kier molecular flexibility index (Phi) is 7.79. The van der Waals surface area contributed by atoms with Crippen LogP contribution in [-0.4, -0.2) is 26.8 Å². The summed E-state index contributed by atoms with van der Waals surface area (Å²) in [6.07, 6.45) is 6.25. The third kappa shape index (κ3) is 6.59. The molecule has 0 atom stereocenters. The van der Waals surface area contributed by atoms with Crippen LogP contribution in [0.2, 0.25) is 0 Å². The van der Waals surface area contributed by atoms with Crippen LogP contribution in [0.1, 0.15) is 36.0 Å². The van der Waals surface area contributed by atoms with Crippen LogP contribution >= 0.6 is 15.9 Å². The minimum absolute atomic E-state index is 0.174. The summed E-state index contributed by atoms with van der Waals surface area (Å²) in [6.45, 7) is 0.342. The molecule has 166 valence electrons. The summed E-state index contributed by atoms with van der Waals surface area (Å²) >= 11 is 3.29. The number of pyridine rings is 1. The quantitative estimate of drug-likeness (QED) is 0.407. The van der Waals surface area contributed by atoms with Crippen molar-refractivity contribution >= 4 is 37.8 Å². The lowest BCUT2D eigenvalue weighted by Gasteiger charge is -2.27. The molecule has 8 nitrogen and oxygen atoms in total. The molecule has 1 saturated carbocycles. The lowest BCUT2D eigenvalue weighted by molar-refractivity contribution is -0.671. The van der Waals surface area contributed by atoms with E-state index in [1.807, 2.05) is 13.2 Å². The third-order valence-electron chi connectivity index (χ3n) is 5.40. The van der Waals surface area contributed by atoms with Gasteiger partial charge in [0.15, 0.2) is 12.4 Å². The molecule has 3 rings (SSSR count). The zero-order valence-corrected chi connectivity index (χ0v) is 19.6. The Morgan fingerprint density at radius 2 is 1.74 bits per heavy atom. The summed E-state index contributed by atoms with van der Waals surface area (Å²) in [4.78, 5) is 24.8. The number of halogens is 1. The Labute approximate surface area is 190 Å². The van der Waals surface area contributed by atoms with Crippen LogP contribution in [-0.2, 0) is 21.9 Å². The molecule has 0 unspecified atom stereocenters. The van der Waals surface area contributed by atoms with E-state index < -0.39 is 10.0 Å². The number of carbonyl (C=O) groups excluding carboxylic acids is 2. The second-order valence-electron chi connectivity index (χ2n) is 7.72. The van der Waals surface area contributed by atoms with E-state index in [-0.39, 0.29) is 28.5 Å². The van der Waals surface area contributed by atoms with Gasteiger partial charge in [0.25, 0.3) is 5.91 Å². The molecule has 2 aromatic rings. The summed E-state index contributed by atoms with van der Waals surface area (Å²) in [5.74, 6) is -0.622. The SMILES string of the molecule is C[n+]1cccc(C(=O)NNC(=O)C2CCC(CNS(=O)(=O)c3ccc(Br)cc3)CC2)c1. The molecule has 0 saturated heterocycles. The van der Waals surface area contributed by atoms with Crippen LogP contribution in [0.15, 0.2) is 58.2 Å². The number of sulfonamides is 1. The van der Waals surface area contributed by atoms with Gasteiger partial charge in [0, 0.05) is 23.0 Å². The maximum absolute atomic E-state index is 12.4. The van der Waals surface area contributed by atoms with Crippen molar-refractivity contribution in [1.82, 2.24) is 15.6 Å². The minimum Gasteiger partial charge on any atom is -0.273 e. The molecular weight excluding hydrogens is 484 g/mol. The lowest BCUT2D eigenvalue weighted by Crippen LogP contribution is -2.46. The molecule has 3 N–H and O–H groups in total. The van der Waals surface area contributed by atoms with Gasteiger partial charge in [-0.2, -0.15) is 0 Å². The van der Waals surface area contributed by atoms with Gasteiger partial charge in [-0.25, -0.2) is 17.7 Å². The van der Waals surface area contributed by atoms with Crippen LogP contribution in [0.4, 0.5) is 0 Å². The van der Waals surface area contributed by atoms with E-state index in [1.54, 1.807) is 47.2 Å². The van der Waals surface area contributed by atoms with Crippen molar-refractivity contribution in [3.63, 3.8) is 0 Å². The molecule has 0 bridgehead atoms. The summed E-state index contributed by atoms with van der Waals surface area (Å²) in [5.41, 5.74) is 5.41. The van der Waals surface area contributed by atoms with Crippen molar-refractivity contribution in [1.29, 1.82) is 0 Å². The fourth-order valence-electron chi connectivity index (χ4n) is 3.57. The topological polar surface area (TPSA) is 108 Å². The van der Waals surface area contributed by atoms with Gasteiger partial charge in [0.2, 0.25) is 15.9 Å². The number of hydrazine groups is 1. The first-order valence-corrected chi connectivity index (χ1v) is 12.3. The average molecular weight is 510 g/mol. The molecule has 0 spiro atoms. The second kappa shape index (κ2) is 10.3. The Morgan fingerprint density at radius 3 is 2.39 bits per heavy atom. The fourth-order valence-corrected chi connectivity index (χ4v) is 4.95. The molecule has 1 aliphatic rings. The number of hydrogen-bond acceptors (Lipinski definition) is 4. The van der Waals surface area contributed by atoms with Crippen molar-refractivity contribution in [2.75, 3.05) is 6.54 Å². The van der Waals surface area contributed by atoms with Crippen LogP contribution in [0.5, 0.6) is 0 Å². The molecule has 1 aromatic heterocycles. The van der Waals surface area contributed by atoms with Crippen molar-refractivity contribution < 1.29 is 22.6 Å². The van der Waals surface area contributed by atoms with Crippen molar-refractivity contribution in [3.05, 3.63) is 58.8 Å². The van der Waals surface area contributed by atoms with Gasteiger partial charge in [-0.3, -0.25) is 20.4 Å². The van der Waals surface area contributed by atoms with Gasteiger partial charge < -0.3 is 0 Å². The number of hydrogen-bond donors (Lipinski definition) is 3. The van der Waals surface area contributed by atoms with Crippen molar-refractivity contribution in [2.45, 2.75) is 30.6 Å². The van der Waals surface area contributed by atoms with Crippen molar-refractivity contribution in [2.24, 2.45) is 18.9 Å². The smallest absolute Gasteiger partial charge is 0.273 e. The van der Waals surface area contributed by atoms with Gasteiger partial charge in [0.05, 0.1) is 4.90 Å². The highest BCUT2D eigenvalue weighted by Gasteiger charge is 2.27. The standard InChI is InChI=1S/C21H25BrN4O4S/c1-26-12-2-3-17(14-26)21(28)25-24-20(27)16-6-4-15(5-7-16)13-23-31(29,30)19-10-8-18(22)9-11-19/h2-3,8-12,14-16,23H,4-7,13H2,1H3,(H-,24,25,27,28)/p+1. The highest BCUT2D eigenvalue weighted by atomic mass is 79.9. The maximum Gasteiger partial charge on any atom is 0.275 e. The summed E-state index contributed by atoms with van der Waals surface area (Å²) in [5, 5.41) is 0. The predicted molar refractivity (Wildman–Crippen MR) is 118 cm³/mol. The number of aryl methyl sites for hydroxylation is 1. The van der Waals surface area contributed by atoms with E-state index in [9.17, 15) is 18.0 Å². The first-order chi connectivity index (χ1) is 14.7.